The normalized spacial score (nSPS) is 21.6. The summed E-state index contributed by atoms with van der Waals surface area (Å²) in [6.45, 7) is 4.67. The van der Waals surface area contributed by atoms with Crippen LogP contribution in [-0.4, -0.2) is 80.7 Å². The number of Topliss-reactive ketones (excluding diaryl/α,β-unsaturated/α-hetero) is 1. The number of aliphatic hydroxyl groups is 1. The summed E-state index contributed by atoms with van der Waals surface area (Å²) >= 11 is 0. The van der Waals surface area contributed by atoms with Crippen molar-refractivity contribution in [2.75, 3.05) is 32.1 Å². The van der Waals surface area contributed by atoms with Crippen LogP contribution in [0.1, 0.15) is 57.8 Å². The summed E-state index contributed by atoms with van der Waals surface area (Å²) in [4.78, 5) is 26.7. The number of piperidine rings is 1. The van der Waals surface area contributed by atoms with Gasteiger partial charge in [-0.15, -0.1) is 0 Å². The van der Waals surface area contributed by atoms with Crippen molar-refractivity contribution in [3.63, 3.8) is 0 Å². The van der Waals surface area contributed by atoms with Gasteiger partial charge in [0.05, 0.1) is 18.6 Å². The molecule has 2 aliphatic heterocycles. The number of ketones is 1. The average Bonchev–Trinajstić information content (AvgIpc) is 3.00. The summed E-state index contributed by atoms with van der Waals surface area (Å²) in [5.41, 5.74) is -4.99. The molecule has 0 radical (unpaired) electrons. The minimum absolute atomic E-state index is 0.0920. The number of rotatable bonds is 11. The van der Waals surface area contributed by atoms with Crippen LogP contribution in [0.3, 0.4) is 0 Å². The van der Waals surface area contributed by atoms with E-state index in [1.807, 2.05) is 26.0 Å². The number of hydrogen-bond donors (Lipinski definition) is 2. The predicted molar refractivity (Wildman–Crippen MR) is 158 cm³/mol. The zero-order chi connectivity index (χ0) is 33.0. The highest BCUT2D eigenvalue weighted by molar-refractivity contribution is 7.92. The molecule has 0 bridgehead atoms. The Hall–Kier alpha value is -3.20. The van der Waals surface area contributed by atoms with Gasteiger partial charge in [-0.25, -0.2) is 8.42 Å². The summed E-state index contributed by atoms with van der Waals surface area (Å²) in [7, 11) is -3.90. The van der Waals surface area contributed by atoms with E-state index in [0.29, 0.717) is 38.3 Å². The number of nitrogens with one attached hydrogen (secondary N) is 1. The number of halogens is 3. The number of nitrogens with zero attached hydrogens (tertiary/aromatic N) is 1. The number of methoxy groups -OCH3 is 1. The van der Waals surface area contributed by atoms with E-state index in [4.69, 9.17) is 14.2 Å². The van der Waals surface area contributed by atoms with Gasteiger partial charge in [0.1, 0.15) is 18.0 Å². The number of aliphatic hydroxyl groups excluding tert-OH is 1. The highest BCUT2D eigenvalue weighted by atomic mass is 32.2. The standard InChI is InChI=1S/C31H39F3N2O8S/c1-30(2)19-43-29(20-10-12-23(42-3)13-11-20)44-27(30)25(37)8-5-9-26(38)28(39)36-16-14-21(15-17-36)35-22-6-4-7-24(18-22)45(40,41)31(32,33)34/h4,6-7,10-13,18,21,26-27,29,35,38H,5,8-9,14-17,19H2,1-3H3/t26?,27-,29?/m0/s1. The topological polar surface area (TPSA) is 131 Å². The van der Waals surface area contributed by atoms with E-state index >= 15 is 0 Å². The van der Waals surface area contributed by atoms with Crippen LogP contribution in [0.25, 0.3) is 0 Å². The molecule has 2 heterocycles. The van der Waals surface area contributed by atoms with Crippen molar-refractivity contribution < 1.29 is 50.5 Å². The van der Waals surface area contributed by atoms with Gasteiger partial charge < -0.3 is 29.5 Å². The molecular weight excluding hydrogens is 617 g/mol. The van der Waals surface area contributed by atoms with Crippen LogP contribution in [0, 0.1) is 5.41 Å². The van der Waals surface area contributed by atoms with E-state index in [9.17, 15) is 36.3 Å². The first-order chi connectivity index (χ1) is 21.1. The first-order valence-electron chi connectivity index (χ1n) is 14.7. The van der Waals surface area contributed by atoms with Crippen LogP contribution >= 0.6 is 0 Å². The van der Waals surface area contributed by atoms with Gasteiger partial charge in [-0.05, 0) is 56.0 Å². The van der Waals surface area contributed by atoms with Crippen molar-refractivity contribution in [1.29, 1.82) is 0 Å². The number of ether oxygens (including phenoxy) is 3. The maximum atomic E-state index is 13.2. The van der Waals surface area contributed by atoms with E-state index in [0.717, 1.165) is 17.7 Å². The Morgan fingerprint density at radius 1 is 1.13 bits per heavy atom. The summed E-state index contributed by atoms with van der Waals surface area (Å²) in [6.07, 6.45) is -1.35. The average molecular weight is 657 g/mol. The molecular formula is C31H39F3N2O8S. The Labute approximate surface area is 260 Å². The van der Waals surface area contributed by atoms with Crippen molar-refractivity contribution in [2.45, 2.75) is 80.9 Å². The van der Waals surface area contributed by atoms with Crippen LogP contribution in [0.4, 0.5) is 18.9 Å². The summed E-state index contributed by atoms with van der Waals surface area (Å²) in [6, 6.07) is 11.5. The molecule has 0 spiro atoms. The van der Waals surface area contributed by atoms with Gasteiger partial charge in [-0.2, -0.15) is 13.2 Å². The predicted octanol–water partition coefficient (Wildman–Crippen LogP) is 4.63. The fourth-order valence-electron chi connectivity index (χ4n) is 5.46. The van der Waals surface area contributed by atoms with Crippen molar-refractivity contribution in [3.8, 4) is 5.75 Å². The molecule has 2 saturated heterocycles. The third-order valence-corrected chi connectivity index (χ3v) is 9.55. The molecule has 2 fully saturated rings. The van der Waals surface area contributed by atoms with Crippen molar-refractivity contribution >= 4 is 27.2 Å². The smallest absolute Gasteiger partial charge is 0.497 e. The summed E-state index contributed by atoms with van der Waals surface area (Å²) in [5, 5.41) is 13.6. The summed E-state index contributed by atoms with van der Waals surface area (Å²) < 4.78 is 79.4. The Morgan fingerprint density at radius 2 is 1.80 bits per heavy atom. The highest BCUT2D eigenvalue weighted by Crippen LogP contribution is 2.38. The van der Waals surface area contributed by atoms with Gasteiger partial charge in [0.2, 0.25) is 0 Å². The van der Waals surface area contributed by atoms with Gasteiger partial charge >= 0.3 is 5.51 Å². The molecule has 3 atom stereocenters. The van der Waals surface area contributed by atoms with E-state index in [2.05, 4.69) is 5.32 Å². The third-order valence-electron chi connectivity index (χ3n) is 8.07. The van der Waals surface area contributed by atoms with Crippen LogP contribution in [0.5, 0.6) is 5.75 Å². The molecule has 248 valence electrons. The first kappa shape index (κ1) is 34.7. The molecule has 2 aliphatic rings. The molecule has 2 unspecified atom stereocenters. The molecule has 45 heavy (non-hydrogen) atoms. The van der Waals surface area contributed by atoms with E-state index in [1.54, 1.807) is 19.2 Å². The second-order valence-corrected chi connectivity index (χ2v) is 14.0. The fourth-order valence-corrected chi connectivity index (χ4v) is 6.27. The van der Waals surface area contributed by atoms with E-state index in [1.165, 1.54) is 17.0 Å². The Balaban J connectivity index is 1.23. The van der Waals surface area contributed by atoms with Crippen LogP contribution in [0.2, 0.25) is 0 Å². The van der Waals surface area contributed by atoms with Gasteiger partial charge in [0.25, 0.3) is 15.7 Å². The number of hydrogen-bond acceptors (Lipinski definition) is 9. The van der Waals surface area contributed by atoms with Crippen LogP contribution in [-0.2, 0) is 28.9 Å². The minimum atomic E-state index is -5.47. The van der Waals surface area contributed by atoms with Crippen LogP contribution < -0.4 is 10.1 Å². The monoisotopic (exact) mass is 656 g/mol. The lowest BCUT2D eigenvalue weighted by atomic mass is 9.82. The molecule has 4 rings (SSSR count). The highest BCUT2D eigenvalue weighted by Gasteiger charge is 2.47. The number of carbonyl (C=O) groups excluding carboxylic acids is 2. The fraction of sp³-hybridized carbons (Fsp3) is 0.548. The number of sulfone groups is 1. The zero-order valence-electron chi connectivity index (χ0n) is 25.4. The van der Waals surface area contributed by atoms with Gasteiger partial charge in [0, 0.05) is 42.2 Å². The molecule has 14 heteroatoms. The number of likely N-dealkylation sites (tertiary alicyclic amines) is 1. The molecule has 1 amide bonds. The lowest BCUT2D eigenvalue weighted by Crippen LogP contribution is -2.47. The van der Waals surface area contributed by atoms with Gasteiger partial charge in [-0.3, -0.25) is 9.59 Å². The Kier molecular flexibility index (Phi) is 10.8. The summed E-state index contributed by atoms with van der Waals surface area (Å²) in [5.74, 6) is 0.0895. The second-order valence-electron chi connectivity index (χ2n) is 12.0. The SMILES string of the molecule is COc1ccc(C2OCC(C)(C)[C@H](C(=O)CCCC(O)C(=O)N3CCC(Nc4cccc(S(=O)(=O)C(F)(F)F)c4)CC3)O2)cc1. The lowest BCUT2D eigenvalue weighted by Gasteiger charge is -2.41. The van der Waals surface area contributed by atoms with Crippen molar-refractivity contribution in [1.82, 2.24) is 4.90 Å². The quantitative estimate of drug-likeness (QED) is 0.355. The Morgan fingerprint density at radius 3 is 2.42 bits per heavy atom. The Bertz CT molecular complexity index is 1440. The largest absolute Gasteiger partial charge is 0.501 e. The third kappa shape index (κ3) is 8.34. The number of benzene rings is 2. The first-order valence-corrected chi connectivity index (χ1v) is 16.2. The second kappa shape index (κ2) is 14.1. The molecule has 0 saturated carbocycles. The van der Waals surface area contributed by atoms with Crippen LogP contribution in [0.15, 0.2) is 53.4 Å². The molecule has 2 N–H and O–H groups in total. The molecule has 2 aromatic rings. The number of amides is 1. The molecule has 0 aliphatic carbocycles. The van der Waals surface area contributed by atoms with E-state index < -0.39 is 50.1 Å². The van der Waals surface area contributed by atoms with Gasteiger partial charge in [0.15, 0.2) is 12.1 Å². The molecule has 0 aromatic heterocycles. The van der Waals surface area contributed by atoms with E-state index in [-0.39, 0.29) is 36.8 Å². The number of carbonyl (C=O) groups is 2. The lowest BCUT2D eigenvalue weighted by molar-refractivity contribution is -0.257. The molecule has 2 aromatic carbocycles. The van der Waals surface area contributed by atoms with Crippen molar-refractivity contribution in [2.24, 2.45) is 5.41 Å². The number of alkyl halides is 3. The molecule has 10 nitrogen and oxygen atoms in total. The maximum Gasteiger partial charge on any atom is 0.501 e. The number of anilines is 1. The van der Waals surface area contributed by atoms with Crippen molar-refractivity contribution in [3.05, 3.63) is 54.1 Å². The maximum absolute atomic E-state index is 13.2. The zero-order valence-corrected chi connectivity index (χ0v) is 26.2. The van der Waals surface area contributed by atoms with Gasteiger partial charge in [-0.1, -0.05) is 32.0 Å². The minimum Gasteiger partial charge on any atom is -0.497 e.